The van der Waals surface area contributed by atoms with Crippen molar-refractivity contribution in [1.82, 2.24) is 15.3 Å². The van der Waals surface area contributed by atoms with Gasteiger partial charge in [0.15, 0.2) is 5.69 Å². The highest BCUT2D eigenvalue weighted by Crippen LogP contribution is 2.25. The van der Waals surface area contributed by atoms with Gasteiger partial charge in [0.25, 0.3) is 0 Å². The maximum absolute atomic E-state index is 11.6. The van der Waals surface area contributed by atoms with Gasteiger partial charge in [0.1, 0.15) is 16.3 Å². The standard InChI is InChI=1S/C15H19N3O4S2/c1-15(2,3)22-14(20)16-6-5-11-17-9(7-23-11)12-18-10(8-24-12)13(19)21-4/h7-8H,5-6H2,1-4H3,(H,16,20). The number of esters is 1. The largest absolute Gasteiger partial charge is 0.464 e. The van der Waals surface area contributed by atoms with E-state index in [1.54, 1.807) is 5.38 Å². The number of nitrogens with one attached hydrogen (secondary N) is 1. The van der Waals surface area contributed by atoms with Gasteiger partial charge in [-0.15, -0.1) is 22.7 Å². The molecule has 0 aromatic carbocycles. The highest BCUT2D eigenvalue weighted by molar-refractivity contribution is 7.14. The first-order valence-electron chi connectivity index (χ1n) is 7.24. The van der Waals surface area contributed by atoms with Crippen LogP contribution in [0.2, 0.25) is 0 Å². The van der Waals surface area contributed by atoms with Gasteiger partial charge in [-0.1, -0.05) is 0 Å². The molecule has 0 unspecified atom stereocenters. The van der Waals surface area contributed by atoms with Crippen molar-refractivity contribution in [2.24, 2.45) is 0 Å². The number of carbonyl (C=O) groups excluding carboxylic acids is 2. The van der Waals surface area contributed by atoms with Crippen LogP contribution in [0, 0.1) is 0 Å². The third kappa shape index (κ3) is 5.27. The monoisotopic (exact) mass is 369 g/mol. The number of carbonyl (C=O) groups is 2. The lowest BCUT2D eigenvalue weighted by molar-refractivity contribution is 0.0527. The van der Waals surface area contributed by atoms with Crippen molar-refractivity contribution in [2.75, 3.05) is 13.7 Å². The summed E-state index contributed by atoms with van der Waals surface area (Å²) in [4.78, 5) is 31.7. The summed E-state index contributed by atoms with van der Waals surface area (Å²) in [5.41, 5.74) is 0.478. The summed E-state index contributed by atoms with van der Waals surface area (Å²) in [6, 6.07) is 0. The molecule has 24 heavy (non-hydrogen) atoms. The van der Waals surface area contributed by atoms with E-state index in [-0.39, 0.29) is 5.69 Å². The highest BCUT2D eigenvalue weighted by atomic mass is 32.1. The SMILES string of the molecule is COC(=O)c1csc(-c2csc(CCNC(=O)OC(C)(C)C)n2)n1. The van der Waals surface area contributed by atoms with E-state index in [1.807, 2.05) is 26.2 Å². The first kappa shape index (κ1) is 18.3. The maximum atomic E-state index is 11.6. The van der Waals surface area contributed by atoms with Gasteiger partial charge in [0, 0.05) is 23.7 Å². The van der Waals surface area contributed by atoms with E-state index in [0.29, 0.717) is 23.7 Å². The molecular formula is C15H19N3O4S2. The molecular weight excluding hydrogens is 350 g/mol. The Morgan fingerprint density at radius 2 is 1.96 bits per heavy atom. The Hall–Kier alpha value is -2.00. The number of methoxy groups -OCH3 is 1. The van der Waals surface area contributed by atoms with Crippen LogP contribution in [0.5, 0.6) is 0 Å². The average Bonchev–Trinajstić information content (AvgIpc) is 3.13. The normalized spacial score (nSPS) is 11.2. The van der Waals surface area contributed by atoms with Crippen LogP contribution in [0.3, 0.4) is 0 Å². The highest BCUT2D eigenvalue weighted by Gasteiger charge is 2.16. The van der Waals surface area contributed by atoms with Crippen molar-refractivity contribution in [3.05, 3.63) is 21.5 Å². The molecule has 0 aliphatic heterocycles. The Kier molecular flexibility index (Phi) is 5.89. The average molecular weight is 369 g/mol. The lowest BCUT2D eigenvalue weighted by atomic mass is 10.2. The second kappa shape index (κ2) is 7.71. The van der Waals surface area contributed by atoms with Crippen LogP contribution in [0.1, 0.15) is 36.3 Å². The molecule has 0 spiro atoms. The first-order chi connectivity index (χ1) is 11.3. The van der Waals surface area contributed by atoms with Crippen LogP contribution in [0.15, 0.2) is 10.8 Å². The number of hydrogen-bond donors (Lipinski definition) is 1. The number of alkyl carbamates (subject to hydrolysis) is 1. The van der Waals surface area contributed by atoms with Crippen molar-refractivity contribution in [3.63, 3.8) is 0 Å². The Morgan fingerprint density at radius 3 is 2.62 bits per heavy atom. The Balaban J connectivity index is 1.88. The molecule has 0 saturated heterocycles. The van der Waals surface area contributed by atoms with Crippen LogP contribution in [-0.4, -0.2) is 41.3 Å². The fourth-order valence-electron chi connectivity index (χ4n) is 1.70. The van der Waals surface area contributed by atoms with Gasteiger partial charge in [0.05, 0.1) is 12.1 Å². The Morgan fingerprint density at radius 1 is 1.21 bits per heavy atom. The predicted molar refractivity (Wildman–Crippen MR) is 92.5 cm³/mol. The molecule has 1 amide bonds. The van der Waals surface area contributed by atoms with Crippen molar-refractivity contribution < 1.29 is 19.1 Å². The molecule has 2 heterocycles. The Bertz CT molecular complexity index is 718. The molecule has 0 bridgehead atoms. The van der Waals surface area contributed by atoms with Gasteiger partial charge in [-0.25, -0.2) is 19.6 Å². The van der Waals surface area contributed by atoms with Crippen LogP contribution >= 0.6 is 22.7 Å². The molecule has 130 valence electrons. The zero-order valence-electron chi connectivity index (χ0n) is 13.9. The van der Waals surface area contributed by atoms with E-state index in [0.717, 1.165) is 5.01 Å². The lowest BCUT2D eigenvalue weighted by Gasteiger charge is -2.19. The summed E-state index contributed by atoms with van der Waals surface area (Å²) in [6.45, 7) is 5.88. The van der Waals surface area contributed by atoms with E-state index in [9.17, 15) is 9.59 Å². The molecule has 0 fully saturated rings. The fourth-order valence-corrected chi connectivity index (χ4v) is 3.31. The van der Waals surface area contributed by atoms with E-state index >= 15 is 0 Å². The van der Waals surface area contributed by atoms with E-state index in [2.05, 4.69) is 20.0 Å². The summed E-state index contributed by atoms with van der Waals surface area (Å²) in [7, 11) is 1.32. The van der Waals surface area contributed by atoms with Gasteiger partial charge >= 0.3 is 12.1 Å². The molecule has 2 aromatic heterocycles. The summed E-state index contributed by atoms with van der Waals surface area (Å²) in [6.07, 6.45) is 0.154. The lowest BCUT2D eigenvalue weighted by Crippen LogP contribution is -2.33. The minimum absolute atomic E-state index is 0.277. The minimum Gasteiger partial charge on any atom is -0.464 e. The molecule has 9 heteroatoms. The zero-order valence-corrected chi connectivity index (χ0v) is 15.5. The molecule has 0 saturated carbocycles. The van der Waals surface area contributed by atoms with Gasteiger partial charge in [-0.3, -0.25) is 0 Å². The van der Waals surface area contributed by atoms with E-state index in [4.69, 9.17) is 4.74 Å². The number of amides is 1. The summed E-state index contributed by atoms with van der Waals surface area (Å²) in [5.74, 6) is -0.463. The van der Waals surface area contributed by atoms with E-state index < -0.39 is 17.7 Å². The predicted octanol–water partition coefficient (Wildman–Crippen LogP) is 3.12. The zero-order chi connectivity index (χ0) is 17.7. The van der Waals surface area contributed by atoms with Crippen LogP contribution in [0.4, 0.5) is 4.79 Å². The van der Waals surface area contributed by atoms with Gasteiger partial charge in [-0.2, -0.15) is 0 Å². The van der Waals surface area contributed by atoms with Crippen molar-refractivity contribution >= 4 is 34.7 Å². The van der Waals surface area contributed by atoms with Crippen LogP contribution in [0.25, 0.3) is 10.7 Å². The third-order valence-electron chi connectivity index (χ3n) is 2.68. The second-order valence-corrected chi connectivity index (χ2v) is 7.64. The fraction of sp³-hybridized carbons (Fsp3) is 0.467. The van der Waals surface area contributed by atoms with Gasteiger partial charge < -0.3 is 14.8 Å². The number of rotatable bonds is 5. The second-order valence-electron chi connectivity index (χ2n) is 5.83. The summed E-state index contributed by atoms with van der Waals surface area (Å²) < 4.78 is 9.80. The molecule has 0 aliphatic carbocycles. The van der Waals surface area contributed by atoms with Crippen molar-refractivity contribution in [2.45, 2.75) is 32.8 Å². The first-order valence-corrected chi connectivity index (χ1v) is 9.00. The Labute approximate surface area is 148 Å². The summed E-state index contributed by atoms with van der Waals surface area (Å²) >= 11 is 2.82. The van der Waals surface area contributed by atoms with Crippen LogP contribution < -0.4 is 5.32 Å². The summed E-state index contributed by atoms with van der Waals surface area (Å²) in [5, 5.41) is 7.75. The maximum Gasteiger partial charge on any atom is 0.407 e. The van der Waals surface area contributed by atoms with Crippen molar-refractivity contribution in [3.8, 4) is 10.7 Å². The van der Waals surface area contributed by atoms with Gasteiger partial charge in [-0.05, 0) is 20.8 Å². The molecule has 0 aliphatic rings. The quantitative estimate of drug-likeness (QED) is 0.815. The van der Waals surface area contributed by atoms with Crippen LogP contribution in [-0.2, 0) is 15.9 Å². The molecule has 1 N–H and O–H groups in total. The molecule has 0 atom stereocenters. The minimum atomic E-state index is -0.513. The molecule has 2 aromatic rings. The van der Waals surface area contributed by atoms with E-state index in [1.165, 1.54) is 29.8 Å². The molecule has 2 rings (SSSR count). The number of ether oxygens (including phenoxy) is 2. The van der Waals surface area contributed by atoms with Gasteiger partial charge in [0.2, 0.25) is 0 Å². The smallest absolute Gasteiger partial charge is 0.407 e. The third-order valence-corrected chi connectivity index (χ3v) is 4.45. The molecule has 0 radical (unpaired) electrons. The van der Waals surface area contributed by atoms with Crippen molar-refractivity contribution in [1.29, 1.82) is 0 Å². The number of thiazole rings is 2. The number of nitrogens with zero attached hydrogens (tertiary/aromatic N) is 2. The molecule has 7 nitrogen and oxygen atoms in total. The number of aromatic nitrogens is 2. The topological polar surface area (TPSA) is 90.4 Å². The number of hydrogen-bond acceptors (Lipinski definition) is 8.